The average molecular weight is 139 g/mol. The summed E-state index contributed by atoms with van der Waals surface area (Å²) >= 11 is 0. The molecule has 0 aliphatic heterocycles. The van der Waals surface area contributed by atoms with Crippen LogP contribution in [0.3, 0.4) is 0 Å². The maximum absolute atomic E-state index is 10.7. The normalized spacial score (nSPS) is 10.3. The van der Waals surface area contributed by atoms with Crippen LogP contribution < -0.4 is 0 Å². The Morgan fingerprint density at radius 3 is 2.40 bits per heavy atom. The number of hydrogen-bond donors (Lipinski definition) is 0. The van der Waals surface area contributed by atoms with Crippen LogP contribution in [0.2, 0.25) is 0 Å². The minimum Gasteiger partial charge on any atom is -0.468 e. The fourth-order valence-corrected chi connectivity index (χ4v) is 0.432. The molecule has 1 radical (unpaired) electrons. The van der Waals surface area contributed by atoms with Crippen molar-refractivity contribution in [2.75, 3.05) is 0 Å². The fraction of sp³-hybridized carbons (Fsp3) is 0.571. The lowest BCUT2D eigenvalue weighted by molar-refractivity contribution is 0.0719. The molecule has 0 amide bonds. The van der Waals surface area contributed by atoms with E-state index in [4.69, 9.17) is 4.74 Å². The summed E-state index contributed by atoms with van der Waals surface area (Å²) in [6, 6.07) is 0. The highest BCUT2D eigenvalue weighted by atomic mass is 16.5. The molecule has 3 heteroatoms. The Labute approximate surface area is 62.5 Å². The van der Waals surface area contributed by atoms with Gasteiger partial charge in [0.25, 0.3) is 13.1 Å². The molecule has 0 rings (SSSR count). The topological polar surface area (TPSA) is 26.3 Å². The summed E-state index contributed by atoms with van der Waals surface area (Å²) in [6.45, 7) is 8.84. The van der Waals surface area contributed by atoms with Gasteiger partial charge in [-0.05, 0) is 20.8 Å². The number of carbonyl (C=O) groups excluding carboxylic acids is 1. The lowest BCUT2D eigenvalue weighted by Crippen LogP contribution is -2.25. The average Bonchev–Trinajstić information content (AvgIpc) is 1.59. The summed E-state index contributed by atoms with van der Waals surface area (Å²) in [6.07, 6.45) is 0. The van der Waals surface area contributed by atoms with E-state index in [1.54, 1.807) is 0 Å². The van der Waals surface area contributed by atoms with Crippen molar-refractivity contribution in [1.82, 2.24) is 0 Å². The zero-order valence-electron chi connectivity index (χ0n) is 6.68. The predicted octanol–water partition coefficient (Wildman–Crippen LogP) is 1.77. The third kappa shape index (κ3) is 5.41. The maximum atomic E-state index is 10.7. The van der Waals surface area contributed by atoms with Crippen LogP contribution in [0.4, 0.5) is 4.79 Å². The van der Waals surface area contributed by atoms with Crippen molar-refractivity contribution in [3.8, 4) is 0 Å². The van der Waals surface area contributed by atoms with Gasteiger partial charge in [-0.1, -0.05) is 0 Å². The van der Waals surface area contributed by atoms with Gasteiger partial charge in [0.2, 0.25) is 0 Å². The van der Waals surface area contributed by atoms with Crippen molar-refractivity contribution >= 4 is 13.1 Å². The van der Waals surface area contributed by atoms with Crippen molar-refractivity contribution in [2.24, 2.45) is 0 Å². The SMILES string of the molecule is C=C[B]C(=O)OC(C)(C)C. The second kappa shape index (κ2) is 3.45. The van der Waals surface area contributed by atoms with E-state index < -0.39 is 5.60 Å². The first kappa shape index (κ1) is 9.27. The van der Waals surface area contributed by atoms with Gasteiger partial charge in [-0.2, -0.15) is 0 Å². The van der Waals surface area contributed by atoms with Crippen LogP contribution in [-0.4, -0.2) is 18.7 Å². The van der Waals surface area contributed by atoms with E-state index in [1.807, 2.05) is 20.8 Å². The van der Waals surface area contributed by atoms with Gasteiger partial charge in [0.05, 0.1) is 0 Å². The van der Waals surface area contributed by atoms with Crippen molar-refractivity contribution in [2.45, 2.75) is 26.4 Å². The first-order chi connectivity index (χ1) is 4.45. The minimum atomic E-state index is -0.406. The molecular formula is C7H12BO2. The molecule has 0 unspecified atom stereocenters. The van der Waals surface area contributed by atoms with Gasteiger partial charge in [-0.15, -0.1) is 12.6 Å². The molecule has 0 fully saturated rings. The van der Waals surface area contributed by atoms with Crippen LogP contribution in [0, 0.1) is 0 Å². The summed E-state index contributed by atoms with van der Waals surface area (Å²) in [5.74, 6) is 1.07. The van der Waals surface area contributed by atoms with Crippen LogP contribution in [0.15, 0.2) is 12.6 Å². The van der Waals surface area contributed by atoms with Gasteiger partial charge >= 0.3 is 0 Å². The van der Waals surface area contributed by atoms with E-state index in [0.29, 0.717) is 0 Å². The van der Waals surface area contributed by atoms with E-state index in [9.17, 15) is 4.79 Å². The molecule has 10 heavy (non-hydrogen) atoms. The molecule has 0 aromatic heterocycles. The largest absolute Gasteiger partial charge is 0.468 e. The van der Waals surface area contributed by atoms with Crippen LogP contribution in [0.25, 0.3) is 0 Å². The Kier molecular flexibility index (Phi) is 3.20. The zero-order valence-corrected chi connectivity index (χ0v) is 6.68. The molecule has 2 nitrogen and oxygen atoms in total. The quantitative estimate of drug-likeness (QED) is 0.545. The summed E-state index contributed by atoms with van der Waals surface area (Å²) in [7, 11) is 1.30. The maximum Gasteiger partial charge on any atom is 0.290 e. The Balaban J connectivity index is 3.68. The molecule has 0 aromatic rings. The monoisotopic (exact) mass is 139 g/mol. The van der Waals surface area contributed by atoms with E-state index in [0.717, 1.165) is 0 Å². The number of rotatable bonds is 2. The van der Waals surface area contributed by atoms with Crippen molar-refractivity contribution in [3.05, 3.63) is 12.6 Å². The van der Waals surface area contributed by atoms with Gasteiger partial charge in [-0.3, -0.25) is 4.79 Å². The predicted molar refractivity (Wildman–Crippen MR) is 42.2 cm³/mol. The Morgan fingerprint density at radius 1 is 1.60 bits per heavy atom. The second-order valence-electron chi connectivity index (χ2n) is 2.94. The minimum absolute atomic E-state index is 0.345. The van der Waals surface area contributed by atoms with E-state index in [2.05, 4.69) is 6.58 Å². The summed E-state index contributed by atoms with van der Waals surface area (Å²) in [5, 5.41) is 0. The standard InChI is InChI=1S/C7H12BO2/c1-5-8-6(9)10-7(2,3)4/h5H,1H2,2-4H3. The Morgan fingerprint density at radius 2 is 2.10 bits per heavy atom. The third-order valence-electron chi connectivity index (χ3n) is 0.661. The van der Waals surface area contributed by atoms with Gasteiger partial charge in [0, 0.05) is 0 Å². The molecular weight excluding hydrogens is 127 g/mol. The van der Waals surface area contributed by atoms with E-state index >= 15 is 0 Å². The Bertz CT molecular complexity index is 135. The van der Waals surface area contributed by atoms with Crippen molar-refractivity contribution in [3.63, 3.8) is 0 Å². The van der Waals surface area contributed by atoms with Crippen molar-refractivity contribution in [1.29, 1.82) is 0 Å². The molecule has 0 aliphatic carbocycles. The first-order valence-corrected chi connectivity index (χ1v) is 3.14. The van der Waals surface area contributed by atoms with Crippen LogP contribution in [-0.2, 0) is 4.74 Å². The van der Waals surface area contributed by atoms with Crippen LogP contribution in [0.1, 0.15) is 20.8 Å². The molecule has 0 aliphatic rings. The van der Waals surface area contributed by atoms with Crippen molar-refractivity contribution < 1.29 is 9.53 Å². The number of hydrogen-bond acceptors (Lipinski definition) is 2. The lowest BCUT2D eigenvalue weighted by Gasteiger charge is -2.18. The van der Waals surface area contributed by atoms with Gasteiger partial charge in [-0.25, -0.2) is 0 Å². The summed E-state index contributed by atoms with van der Waals surface area (Å²) in [4.78, 5) is 10.7. The summed E-state index contributed by atoms with van der Waals surface area (Å²) < 4.78 is 4.91. The highest BCUT2D eigenvalue weighted by Gasteiger charge is 2.14. The smallest absolute Gasteiger partial charge is 0.290 e. The van der Waals surface area contributed by atoms with E-state index in [-0.39, 0.29) is 5.87 Å². The third-order valence-corrected chi connectivity index (χ3v) is 0.661. The fourth-order valence-electron chi connectivity index (χ4n) is 0.432. The first-order valence-electron chi connectivity index (χ1n) is 3.14. The molecule has 0 atom stereocenters. The lowest BCUT2D eigenvalue weighted by atomic mass is 9.79. The molecule has 0 saturated carbocycles. The molecule has 0 bridgehead atoms. The molecule has 0 spiro atoms. The Hall–Kier alpha value is -0.725. The molecule has 0 saturated heterocycles. The van der Waals surface area contributed by atoms with Gasteiger partial charge < -0.3 is 4.74 Å². The highest BCUT2D eigenvalue weighted by Crippen LogP contribution is 2.06. The number of carbonyl (C=O) groups is 1. The van der Waals surface area contributed by atoms with Crippen LogP contribution in [0.5, 0.6) is 0 Å². The zero-order chi connectivity index (χ0) is 8.20. The van der Waals surface area contributed by atoms with Gasteiger partial charge in [0.15, 0.2) is 0 Å². The molecule has 55 valence electrons. The number of ether oxygens (including phenoxy) is 1. The molecule has 0 N–H and O–H groups in total. The molecule has 0 aromatic carbocycles. The summed E-state index contributed by atoms with van der Waals surface area (Å²) in [5.41, 5.74) is -0.406. The molecule has 0 heterocycles. The van der Waals surface area contributed by atoms with Crippen LogP contribution >= 0.6 is 0 Å². The second-order valence-corrected chi connectivity index (χ2v) is 2.94. The van der Waals surface area contributed by atoms with Gasteiger partial charge in [0.1, 0.15) is 5.60 Å². The highest BCUT2D eigenvalue weighted by molar-refractivity contribution is 6.75. The van der Waals surface area contributed by atoms with E-state index in [1.165, 1.54) is 13.3 Å².